The molecule has 0 fully saturated rings. The molecule has 0 spiro atoms. The summed E-state index contributed by atoms with van der Waals surface area (Å²) in [7, 11) is 0. The molecular formula is C21H29NO2. The van der Waals surface area contributed by atoms with Crippen LogP contribution >= 0.6 is 0 Å². The topological polar surface area (TPSA) is 42.2 Å². The Morgan fingerprint density at radius 3 is 2.58 bits per heavy atom. The third-order valence-corrected chi connectivity index (χ3v) is 4.68. The maximum atomic E-state index is 11.0. The zero-order valence-electron chi connectivity index (χ0n) is 15.1. The van der Waals surface area contributed by atoms with Crippen molar-refractivity contribution in [3.8, 4) is 0 Å². The van der Waals surface area contributed by atoms with E-state index in [1.165, 1.54) is 49.1 Å². The number of carboxylic acids is 1. The lowest BCUT2D eigenvalue weighted by Crippen LogP contribution is -2.07. The third kappa shape index (κ3) is 4.28. The predicted octanol–water partition coefficient (Wildman–Crippen LogP) is 6.05. The second-order valence-electron chi connectivity index (χ2n) is 6.44. The molecule has 1 heterocycles. The summed E-state index contributed by atoms with van der Waals surface area (Å²) in [5.41, 5.74) is 3.12. The number of benzene rings is 1. The van der Waals surface area contributed by atoms with Crippen molar-refractivity contribution in [3.63, 3.8) is 0 Å². The fourth-order valence-electron chi connectivity index (χ4n) is 3.42. The van der Waals surface area contributed by atoms with Crippen LogP contribution in [0, 0.1) is 0 Å². The molecule has 3 heteroatoms. The van der Waals surface area contributed by atoms with Crippen molar-refractivity contribution in [3.05, 3.63) is 42.1 Å². The zero-order valence-corrected chi connectivity index (χ0v) is 15.1. The number of rotatable bonds is 9. The molecule has 0 radical (unpaired) electrons. The highest BCUT2D eigenvalue weighted by Crippen LogP contribution is 2.29. The zero-order chi connectivity index (χ0) is 17.5. The largest absolute Gasteiger partial charge is 0.478 e. The van der Waals surface area contributed by atoms with Crippen LogP contribution in [0.1, 0.15) is 70.9 Å². The molecule has 130 valence electrons. The molecule has 0 bridgehead atoms. The van der Waals surface area contributed by atoms with E-state index in [1.54, 1.807) is 0 Å². The van der Waals surface area contributed by atoms with Crippen LogP contribution in [0.3, 0.4) is 0 Å². The lowest BCUT2D eigenvalue weighted by atomic mass is 10.0. The molecule has 2 rings (SSSR count). The first-order valence-electron chi connectivity index (χ1n) is 9.15. The Balaban J connectivity index is 2.38. The Kier molecular flexibility index (Phi) is 6.65. The summed E-state index contributed by atoms with van der Waals surface area (Å²) in [6, 6.07) is 9.03. The molecule has 1 N–H and O–H groups in total. The molecule has 0 saturated heterocycles. The highest BCUT2D eigenvalue weighted by molar-refractivity contribution is 5.92. The second kappa shape index (κ2) is 8.72. The van der Waals surface area contributed by atoms with Gasteiger partial charge in [-0.1, -0.05) is 46.1 Å². The summed E-state index contributed by atoms with van der Waals surface area (Å²) < 4.78 is 2.41. The first kappa shape index (κ1) is 18.3. The maximum absolute atomic E-state index is 11.0. The van der Waals surface area contributed by atoms with Crippen molar-refractivity contribution in [1.29, 1.82) is 0 Å². The molecular weight excluding hydrogens is 298 g/mol. The summed E-state index contributed by atoms with van der Waals surface area (Å²) in [4.78, 5) is 11.0. The van der Waals surface area contributed by atoms with Crippen LogP contribution < -0.4 is 0 Å². The number of aliphatic carboxylic acids is 1. The van der Waals surface area contributed by atoms with Gasteiger partial charge in [-0.2, -0.15) is 0 Å². The molecule has 3 nitrogen and oxygen atoms in total. The Morgan fingerprint density at radius 2 is 1.96 bits per heavy atom. The number of unbranched alkanes of at least 4 members (excludes halogenated alkanes) is 1. The molecule has 1 unspecified atom stereocenters. The lowest BCUT2D eigenvalue weighted by molar-refractivity contribution is -0.131. The fourth-order valence-corrected chi connectivity index (χ4v) is 3.42. The molecule has 0 amide bonds. The summed E-state index contributed by atoms with van der Waals surface area (Å²) in [6.07, 6.45) is 10.3. The van der Waals surface area contributed by atoms with Crippen molar-refractivity contribution < 1.29 is 9.90 Å². The number of carboxylic acid groups (broad SMARTS) is 1. The summed E-state index contributed by atoms with van der Waals surface area (Å²) in [6.45, 7) is 6.48. The van der Waals surface area contributed by atoms with Crippen LogP contribution in [0.15, 0.2) is 36.5 Å². The number of hydrogen-bond donors (Lipinski definition) is 1. The van der Waals surface area contributed by atoms with E-state index in [9.17, 15) is 4.79 Å². The van der Waals surface area contributed by atoms with Gasteiger partial charge in [0.05, 0.1) is 0 Å². The van der Waals surface area contributed by atoms with Gasteiger partial charge in [-0.15, -0.1) is 0 Å². The number of carbonyl (C=O) groups is 1. The van der Waals surface area contributed by atoms with E-state index >= 15 is 0 Å². The molecule has 0 aliphatic rings. The minimum atomic E-state index is -0.882. The first-order valence-corrected chi connectivity index (χ1v) is 9.15. The highest BCUT2D eigenvalue weighted by atomic mass is 16.4. The average Bonchev–Trinajstić information content (AvgIpc) is 2.99. The van der Waals surface area contributed by atoms with E-state index in [4.69, 9.17) is 5.11 Å². The van der Waals surface area contributed by atoms with Gasteiger partial charge in [0.2, 0.25) is 0 Å². The SMILES string of the molecule is CCCCC(CCC)n1ccc2cc(/C(=C/C(=O)O)CC)ccc21. The minimum Gasteiger partial charge on any atom is -0.478 e. The summed E-state index contributed by atoms with van der Waals surface area (Å²) in [5.74, 6) is -0.882. The van der Waals surface area contributed by atoms with Crippen molar-refractivity contribution in [2.45, 2.75) is 65.3 Å². The minimum absolute atomic E-state index is 0.554. The molecule has 1 atom stereocenters. The number of fused-ring (bicyclic) bond motifs is 1. The fraction of sp³-hybridized carbons (Fsp3) is 0.476. The quantitative estimate of drug-likeness (QED) is 0.570. The van der Waals surface area contributed by atoms with Crippen LogP contribution in [0.25, 0.3) is 16.5 Å². The van der Waals surface area contributed by atoms with Gasteiger partial charge >= 0.3 is 5.97 Å². The molecule has 2 aromatic rings. The molecule has 0 aliphatic heterocycles. The molecule has 1 aromatic carbocycles. The Labute approximate surface area is 145 Å². The van der Waals surface area contributed by atoms with E-state index in [1.807, 2.05) is 6.92 Å². The van der Waals surface area contributed by atoms with Crippen molar-refractivity contribution in [2.75, 3.05) is 0 Å². The van der Waals surface area contributed by atoms with E-state index in [2.05, 4.69) is 48.9 Å². The van der Waals surface area contributed by atoms with E-state index in [-0.39, 0.29) is 0 Å². The van der Waals surface area contributed by atoms with Crippen LogP contribution in [0.4, 0.5) is 0 Å². The van der Waals surface area contributed by atoms with Gasteiger partial charge in [0.1, 0.15) is 0 Å². The Morgan fingerprint density at radius 1 is 1.17 bits per heavy atom. The van der Waals surface area contributed by atoms with Crippen LogP contribution in [-0.2, 0) is 4.79 Å². The van der Waals surface area contributed by atoms with Gasteiger partial charge < -0.3 is 9.67 Å². The van der Waals surface area contributed by atoms with Crippen molar-refractivity contribution in [2.24, 2.45) is 0 Å². The normalized spacial score (nSPS) is 13.4. The van der Waals surface area contributed by atoms with Crippen LogP contribution in [0.2, 0.25) is 0 Å². The number of aromatic nitrogens is 1. The smallest absolute Gasteiger partial charge is 0.328 e. The molecule has 0 saturated carbocycles. The van der Waals surface area contributed by atoms with Gasteiger partial charge in [0.25, 0.3) is 0 Å². The first-order chi connectivity index (χ1) is 11.6. The molecule has 1 aromatic heterocycles. The van der Waals surface area contributed by atoms with Gasteiger partial charge in [0.15, 0.2) is 0 Å². The monoisotopic (exact) mass is 327 g/mol. The summed E-state index contributed by atoms with van der Waals surface area (Å²) in [5, 5.41) is 10.2. The van der Waals surface area contributed by atoms with E-state index in [0.29, 0.717) is 12.5 Å². The van der Waals surface area contributed by atoms with Crippen molar-refractivity contribution >= 4 is 22.4 Å². The Hall–Kier alpha value is -2.03. The van der Waals surface area contributed by atoms with E-state index < -0.39 is 5.97 Å². The van der Waals surface area contributed by atoms with Crippen LogP contribution in [-0.4, -0.2) is 15.6 Å². The maximum Gasteiger partial charge on any atom is 0.328 e. The number of hydrogen-bond acceptors (Lipinski definition) is 1. The van der Waals surface area contributed by atoms with Crippen molar-refractivity contribution in [1.82, 2.24) is 4.57 Å². The molecule has 0 aliphatic carbocycles. The third-order valence-electron chi connectivity index (χ3n) is 4.68. The molecule has 24 heavy (non-hydrogen) atoms. The summed E-state index contributed by atoms with van der Waals surface area (Å²) >= 11 is 0. The second-order valence-corrected chi connectivity index (χ2v) is 6.44. The van der Waals surface area contributed by atoms with Gasteiger partial charge in [0, 0.05) is 29.2 Å². The highest BCUT2D eigenvalue weighted by Gasteiger charge is 2.13. The van der Waals surface area contributed by atoms with Gasteiger partial charge in [-0.25, -0.2) is 4.79 Å². The number of nitrogens with zero attached hydrogens (tertiary/aromatic N) is 1. The standard InChI is InChI=1S/C21H29NO2/c1-4-7-9-19(8-5-2)22-13-12-18-14-17(10-11-20(18)22)16(6-3)15-21(23)24/h10-15,19H,4-9H2,1-3H3,(H,23,24)/b16-15+. The van der Waals surface area contributed by atoms with Gasteiger partial charge in [-0.3, -0.25) is 0 Å². The predicted molar refractivity (Wildman–Crippen MR) is 101 cm³/mol. The van der Waals surface area contributed by atoms with Crippen LogP contribution in [0.5, 0.6) is 0 Å². The lowest BCUT2D eigenvalue weighted by Gasteiger charge is -2.19. The van der Waals surface area contributed by atoms with E-state index in [0.717, 1.165) is 11.1 Å². The van der Waals surface area contributed by atoms with Gasteiger partial charge in [-0.05, 0) is 48.6 Å². The average molecular weight is 327 g/mol. The Bertz CT molecular complexity index is 712. The number of allylic oxidation sites excluding steroid dienone is 1.